The lowest BCUT2D eigenvalue weighted by Crippen LogP contribution is -2.45. The smallest absolute Gasteiger partial charge is 0.289 e. The highest BCUT2D eigenvalue weighted by Gasteiger charge is 2.33. The molecule has 1 aliphatic rings. The molecular formula is C25H27NO3. The number of likely N-dealkylation sites (tertiary alicyclic amines) is 1. The van der Waals surface area contributed by atoms with E-state index in [4.69, 9.17) is 4.42 Å². The van der Waals surface area contributed by atoms with Gasteiger partial charge >= 0.3 is 0 Å². The SMILES string of the molecule is CCCCC1CC(c2ccccc2)CCN1C(=O)c1cc(=O)c2ccccc2o1. The average molecular weight is 389 g/mol. The van der Waals surface area contributed by atoms with Crippen LogP contribution < -0.4 is 5.43 Å². The van der Waals surface area contributed by atoms with Crippen molar-refractivity contribution in [3.8, 4) is 0 Å². The van der Waals surface area contributed by atoms with Crippen molar-refractivity contribution >= 4 is 16.9 Å². The summed E-state index contributed by atoms with van der Waals surface area (Å²) < 4.78 is 5.83. The van der Waals surface area contributed by atoms with Crippen LogP contribution in [0, 0.1) is 0 Å². The van der Waals surface area contributed by atoms with E-state index in [9.17, 15) is 9.59 Å². The van der Waals surface area contributed by atoms with Crippen molar-refractivity contribution in [2.24, 2.45) is 0 Å². The minimum Gasteiger partial charge on any atom is -0.451 e. The molecule has 1 fully saturated rings. The van der Waals surface area contributed by atoms with Crippen molar-refractivity contribution in [1.29, 1.82) is 0 Å². The normalized spacial score (nSPS) is 19.4. The minimum absolute atomic E-state index is 0.147. The molecule has 4 heteroatoms. The van der Waals surface area contributed by atoms with Crippen molar-refractivity contribution < 1.29 is 9.21 Å². The fraction of sp³-hybridized carbons (Fsp3) is 0.360. The third-order valence-electron chi connectivity index (χ3n) is 5.98. The summed E-state index contributed by atoms with van der Waals surface area (Å²) in [5, 5.41) is 0.509. The molecule has 1 aliphatic heterocycles. The van der Waals surface area contributed by atoms with Crippen molar-refractivity contribution in [2.75, 3.05) is 6.54 Å². The molecule has 2 atom stereocenters. The number of benzene rings is 2. The van der Waals surface area contributed by atoms with Crippen LogP contribution in [0.3, 0.4) is 0 Å². The largest absolute Gasteiger partial charge is 0.451 e. The fourth-order valence-corrected chi connectivity index (χ4v) is 4.41. The molecule has 4 rings (SSSR count). The highest BCUT2D eigenvalue weighted by Crippen LogP contribution is 2.34. The second kappa shape index (κ2) is 8.64. The number of fused-ring (bicyclic) bond motifs is 1. The lowest BCUT2D eigenvalue weighted by Gasteiger charge is -2.39. The van der Waals surface area contributed by atoms with Gasteiger partial charge in [0.05, 0.1) is 5.39 Å². The van der Waals surface area contributed by atoms with E-state index in [0.29, 0.717) is 23.4 Å². The minimum atomic E-state index is -0.167. The van der Waals surface area contributed by atoms with Gasteiger partial charge in [-0.15, -0.1) is 0 Å². The molecule has 0 aliphatic carbocycles. The zero-order valence-corrected chi connectivity index (χ0v) is 16.8. The van der Waals surface area contributed by atoms with E-state index in [0.717, 1.165) is 32.1 Å². The van der Waals surface area contributed by atoms with Gasteiger partial charge in [0.2, 0.25) is 0 Å². The summed E-state index contributed by atoms with van der Waals surface area (Å²) in [5.41, 5.74) is 1.64. The van der Waals surface area contributed by atoms with Crippen LogP contribution in [0.25, 0.3) is 11.0 Å². The Morgan fingerprint density at radius 2 is 1.86 bits per heavy atom. The summed E-state index contributed by atoms with van der Waals surface area (Å²) in [6.07, 6.45) is 5.03. The van der Waals surface area contributed by atoms with E-state index >= 15 is 0 Å². The van der Waals surface area contributed by atoms with E-state index in [1.165, 1.54) is 11.6 Å². The van der Waals surface area contributed by atoms with E-state index in [1.807, 2.05) is 17.0 Å². The lowest BCUT2D eigenvalue weighted by molar-refractivity contribution is 0.0544. The van der Waals surface area contributed by atoms with E-state index in [1.54, 1.807) is 18.2 Å². The molecule has 4 nitrogen and oxygen atoms in total. The molecule has 2 unspecified atom stereocenters. The van der Waals surface area contributed by atoms with Crippen molar-refractivity contribution in [3.05, 3.63) is 82.2 Å². The number of rotatable bonds is 5. The topological polar surface area (TPSA) is 50.5 Å². The van der Waals surface area contributed by atoms with Gasteiger partial charge in [0.15, 0.2) is 11.2 Å². The number of carbonyl (C=O) groups excluding carboxylic acids is 1. The van der Waals surface area contributed by atoms with E-state index < -0.39 is 0 Å². The summed E-state index contributed by atoms with van der Waals surface area (Å²) in [6.45, 7) is 2.86. The Kier molecular flexibility index (Phi) is 5.79. The average Bonchev–Trinajstić information content (AvgIpc) is 2.77. The molecule has 0 spiro atoms. The van der Waals surface area contributed by atoms with Crippen LogP contribution in [-0.4, -0.2) is 23.4 Å². The number of unbranched alkanes of at least 4 members (excludes halogenated alkanes) is 1. The number of hydrogen-bond acceptors (Lipinski definition) is 3. The maximum Gasteiger partial charge on any atom is 0.289 e. The second-order valence-electron chi connectivity index (χ2n) is 7.90. The van der Waals surface area contributed by atoms with Gasteiger partial charge in [0.1, 0.15) is 5.58 Å². The Balaban J connectivity index is 1.60. The lowest BCUT2D eigenvalue weighted by atomic mass is 9.83. The molecule has 0 N–H and O–H groups in total. The molecule has 3 aromatic rings. The van der Waals surface area contributed by atoms with Crippen LogP contribution in [-0.2, 0) is 0 Å². The van der Waals surface area contributed by atoms with Crippen molar-refractivity contribution in [3.63, 3.8) is 0 Å². The molecule has 0 radical (unpaired) electrons. The second-order valence-corrected chi connectivity index (χ2v) is 7.90. The third kappa shape index (κ3) is 4.12. The number of para-hydroxylation sites is 1. The van der Waals surface area contributed by atoms with E-state index in [-0.39, 0.29) is 23.1 Å². The summed E-state index contributed by atoms with van der Waals surface area (Å²) in [5.74, 6) is 0.444. The number of nitrogens with zero attached hydrogens (tertiary/aromatic N) is 1. The van der Waals surface area contributed by atoms with Gasteiger partial charge in [0.25, 0.3) is 5.91 Å². The highest BCUT2D eigenvalue weighted by molar-refractivity contribution is 5.93. The van der Waals surface area contributed by atoms with Crippen LogP contribution in [0.5, 0.6) is 0 Å². The molecule has 29 heavy (non-hydrogen) atoms. The van der Waals surface area contributed by atoms with Gasteiger partial charge in [-0.25, -0.2) is 0 Å². The molecule has 2 aromatic carbocycles. The van der Waals surface area contributed by atoms with Crippen LogP contribution >= 0.6 is 0 Å². The molecule has 150 valence electrons. The molecule has 1 saturated heterocycles. The number of carbonyl (C=O) groups is 1. The van der Waals surface area contributed by atoms with Crippen LogP contribution in [0.15, 0.2) is 69.9 Å². The predicted octanol–water partition coefficient (Wildman–Crippen LogP) is 5.37. The fourth-order valence-electron chi connectivity index (χ4n) is 4.41. The maximum atomic E-state index is 13.3. The Morgan fingerprint density at radius 1 is 1.10 bits per heavy atom. The molecular weight excluding hydrogens is 362 g/mol. The highest BCUT2D eigenvalue weighted by atomic mass is 16.3. The van der Waals surface area contributed by atoms with Gasteiger partial charge in [-0.1, -0.05) is 62.2 Å². The first-order valence-electron chi connectivity index (χ1n) is 10.6. The third-order valence-corrected chi connectivity index (χ3v) is 5.98. The molecule has 1 aromatic heterocycles. The first kappa shape index (κ1) is 19.4. The first-order valence-corrected chi connectivity index (χ1v) is 10.6. The Hall–Kier alpha value is -2.88. The molecule has 0 saturated carbocycles. The van der Waals surface area contributed by atoms with Gasteiger partial charge in [-0.2, -0.15) is 0 Å². The van der Waals surface area contributed by atoms with Crippen LogP contribution in [0.1, 0.15) is 61.1 Å². The van der Waals surface area contributed by atoms with Crippen LogP contribution in [0.4, 0.5) is 0 Å². The van der Waals surface area contributed by atoms with Crippen molar-refractivity contribution in [2.45, 2.75) is 51.0 Å². The van der Waals surface area contributed by atoms with Crippen LogP contribution in [0.2, 0.25) is 0 Å². The molecule has 0 bridgehead atoms. The molecule has 1 amide bonds. The standard InChI is InChI=1S/C25H27NO3/c1-2-3-11-20-16-19(18-9-5-4-6-10-18)14-15-26(20)25(28)24-17-22(27)21-12-7-8-13-23(21)29-24/h4-10,12-13,17,19-20H,2-3,11,14-16H2,1H3. The van der Waals surface area contributed by atoms with Gasteiger partial charge in [0, 0.05) is 18.7 Å². The summed E-state index contributed by atoms with van der Waals surface area (Å²) in [4.78, 5) is 27.7. The Labute approximate surface area is 171 Å². The van der Waals surface area contributed by atoms with Crippen molar-refractivity contribution in [1.82, 2.24) is 4.90 Å². The Bertz CT molecular complexity index is 1040. The molecule has 2 heterocycles. The maximum absolute atomic E-state index is 13.3. The van der Waals surface area contributed by atoms with Gasteiger partial charge in [-0.05, 0) is 42.9 Å². The van der Waals surface area contributed by atoms with Gasteiger partial charge in [-0.3, -0.25) is 9.59 Å². The Morgan fingerprint density at radius 3 is 2.66 bits per heavy atom. The zero-order chi connectivity index (χ0) is 20.2. The predicted molar refractivity (Wildman–Crippen MR) is 115 cm³/mol. The first-order chi connectivity index (χ1) is 14.2. The number of piperidine rings is 1. The quantitative estimate of drug-likeness (QED) is 0.589. The summed E-state index contributed by atoms with van der Waals surface area (Å²) in [6, 6.07) is 19.2. The number of hydrogen-bond donors (Lipinski definition) is 0. The zero-order valence-electron chi connectivity index (χ0n) is 16.8. The summed E-state index contributed by atoms with van der Waals surface area (Å²) in [7, 11) is 0. The monoisotopic (exact) mass is 389 g/mol. The van der Waals surface area contributed by atoms with E-state index in [2.05, 4.69) is 31.2 Å². The van der Waals surface area contributed by atoms with Gasteiger partial charge < -0.3 is 9.32 Å². The number of amides is 1. The summed E-state index contributed by atoms with van der Waals surface area (Å²) >= 11 is 0.